The van der Waals surface area contributed by atoms with Gasteiger partial charge in [-0.25, -0.2) is 9.97 Å². The smallest absolute Gasteiger partial charge is 0.176 e. The zero-order chi connectivity index (χ0) is 11.7. The number of nitrogen functional groups attached to an aromatic ring is 1. The summed E-state index contributed by atoms with van der Waals surface area (Å²) < 4.78 is 5.93. The van der Waals surface area contributed by atoms with Crippen LogP contribution >= 0.6 is 39.2 Å². The monoisotopic (exact) mass is 316 g/mol. The molecular formula is C9H9BrN4S2. The van der Waals surface area contributed by atoms with Gasteiger partial charge in [0.05, 0.1) is 16.4 Å². The van der Waals surface area contributed by atoms with Crippen molar-refractivity contribution in [2.75, 3.05) is 5.73 Å². The first kappa shape index (κ1) is 11.8. The van der Waals surface area contributed by atoms with Crippen LogP contribution < -0.4 is 5.73 Å². The van der Waals surface area contributed by atoms with Gasteiger partial charge in [-0.2, -0.15) is 4.37 Å². The van der Waals surface area contributed by atoms with Crippen LogP contribution in [0, 0.1) is 13.8 Å². The summed E-state index contributed by atoms with van der Waals surface area (Å²) in [5, 5.41) is 0.864. The Labute approximate surface area is 110 Å². The minimum Gasteiger partial charge on any atom is -0.397 e. The molecular weight excluding hydrogens is 308 g/mol. The van der Waals surface area contributed by atoms with Crippen LogP contribution in [0.1, 0.15) is 11.4 Å². The van der Waals surface area contributed by atoms with Crippen molar-refractivity contribution in [3.05, 3.63) is 22.1 Å². The van der Waals surface area contributed by atoms with E-state index in [2.05, 4.69) is 30.3 Å². The van der Waals surface area contributed by atoms with Gasteiger partial charge in [0.15, 0.2) is 4.34 Å². The standard InChI is InChI=1S/C9H9BrN4S2/c1-4-6(11)3-12-8(7(4)10)15-9-13-5(2)14-16-9/h3H,11H2,1-2H3. The lowest BCUT2D eigenvalue weighted by atomic mass is 10.3. The van der Waals surface area contributed by atoms with E-state index in [4.69, 9.17) is 5.73 Å². The van der Waals surface area contributed by atoms with Gasteiger partial charge in [0.25, 0.3) is 0 Å². The molecule has 0 saturated heterocycles. The first-order chi connectivity index (χ1) is 7.58. The van der Waals surface area contributed by atoms with E-state index < -0.39 is 0 Å². The fourth-order valence-corrected chi connectivity index (χ4v) is 3.23. The summed E-state index contributed by atoms with van der Waals surface area (Å²) in [7, 11) is 0. The average Bonchev–Trinajstić information content (AvgIpc) is 2.65. The van der Waals surface area contributed by atoms with Crippen molar-refractivity contribution >= 4 is 44.9 Å². The number of rotatable bonds is 2. The highest BCUT2D eigenvalue weighted by Crippen LogP contribution is 2.35. The zero-order valence-electron chi connectivity index (χ0n) is 8.69. The summed E-state index contributed by atoms with van der Waals surface area (Å²) in [4.78, 5) is 8.55. The maximum Gasteiger partial charge on any atom is 0.176 e. The summed E-state index contributed by atoms with van der Waals surface area (Å²) in [5.41, 5.74) is 7.44. The summed E-state index contributed by atoms with van der Waals surface area (Å²) >= 11 is 6.35. The lowest BCUT2D eigenvalue weighted by Crippen LogP contribution is -1.94. The number of hydrogen-bond acceptors (Lipinski definition) is 6. The molecule has 0 atom stereocenters. The Morgan fingerprint density at radius 3 is 2.81 bits per heavy atom. The minimum atomic E-state index is 0.685. The lowest BCUT2D eigenvalue weighted by Gasteiger charge is -2.05. The van der Waals surface area contributed by atoms with Crippen molar-refractivity contribution in [1.29, 1.82) is 0 Å². The van der Waals surface area contributed by atoms with E-state index in [0.29, 0.717) is 5.69 Å². The maximum absolute atomic E-state index is 5.76. The Bertz CT molecular complexity index is 526. The Hall–Kier alpha value is -0.660. The molecule has 2 aromatic heterocycles. The van der Waals surface area contributed by atoms with Crippen molar-refractivity contribution in [3.63, 3.8) is 0 Å². The van der Waals surface area contributed by atoms with Crippen LogP contribution in [-0.4, -0.2) is 14.3 Å². The van der Waals surface area contributed by atoms with Gasteiger partial charge in [-0.1, -0.05) is 0 Å². The average molecular weight is 317 g/mol. The van der Waals surface area contributed by atoms with Gasteiger partial charge in [-0.05, 0) is 58.6 Å². The summed E-state index contributed by atoms with van der Waals surface area (Å²) in [6.07, 6.45) is 1.66. The van der Waals surface area contributed by atoms with Gasteiger partial charge in [0.1, 0.15) is 10.9 Å². The predicted octanol–water partition coefficient (Wildman–Crippen LogP) is 3.05. The summed E-state index contributed by atoms with van der Waals surface area (Å²) in [6.45, 7) is 3.83. The molecule has 2 N–H and O–H groups in total. The zero-order valence-corrected chi connectivity index (χ0v) is 11.9. The number of aryl methyl sites for hydroxylation is 1. The second-order valence-corrected chi connectivity index (χ2v) is 5.95. The van der Waals surface area contributed by atoms with E-state index in [9.17, 15) is 0 Å². The number of pyridine rings is 1. The highest BCUT2D eigenvalue weighted by molar-refractivity contribution is 9.10. The second kappa shape index (κ2) is 4.68. The highest BCUT2D eigenvalue weighted by atomic mass is 79.9. The van der Waals surface area contributed by atoms with Crippen molar-refractivity contribution in [3.8, 4) is 0 Å². The Balaban J connectivity index is 2.32. The Kier molecular flexibility index (Phi) is 3.46. The molecule has 0 unspecified atom stereocenters. The fourth-order valence-electron chi connectivity index (χ4n) is 1.04. The van der Waals surface area contributed by atoms with Gasteiger partial charge in [0, 0.05) is 0 Å². The second-order valence-electron chi connectivity index (χ2n) is 3.17. The number of nitrogens with zero attached hydrogens (tertiary/aromatic N) is 3. The summed E-state index contributed by atoms with van der Waals surface area (Å²) in [6, 6.07) is 0. The predicted molar refractivity (Wildman–Crippen MR) is 69.9 cm³/mol. The third-order valence-electron chi connectivity index (χ3n) is 1.96. The van der Waals surface area contributed by atoms with Gasteiger partial charge in [-0.15, -0.1) is 0 Å². The van der Waals surface area contributed by atoms with Gasteiger partial charge < -0.3 is 5.73 Å². The highest BCUT2D eigenvalue weighted by Gasteiger charge is 2.11. The van der Waals surface area contributed by atoms with E-state index in [1.165, 1.54) is 23.3 Å². The molecule has 0 aliphatic heterocycles. The molecule has 2 aromatic rings. The molecule has 0 saturated carbocycles. The third kappa shape index (κ3) is 2.36. The molecule has 4 nitrogen and oxygen atoms in total. The Morgan fingerprint density at radius 1 is 1.44 bits per heavy atom. The third-order valence-corrected chi connectivity index (χ3v) is 5.04. The number of aromatic nitrogens is 3. The molecule has 0 amide bonds. The molecule has 0 spiro atoms. The van der Waals surface area contributed by atoms with Crippen LogP contribution in [0.25, 0.3) is 0 Å². The Morgan fingerprint density at radius 2 is 2.19 bits per heavy atom. The number of halogens is 1. The van der Waals surface area contributed by atoms with Gasteiger partial charge in [-0.3, -0.25) is 0 Å². The molecule has 2 heterocycles. The molecule has 84 valence electrons. The number of nitrogens with two attached hydrogens (primary N) is 1. The van der Waals surface area contributed by atoms with Crippen molar-refractivity contribution in [2.45, 2.75) is 23.2 Å². The molecule has 2 rings (SSSR count). The lowest BCUT2D eigenvalue weighted by molar-refractivity contribution is 1.07. The van der Waals surface area contributed by atoms with Crippen LogP contribution in [0.5, 0.6) is 0 Å². The molecule has 0 fully saturated rings. The van der Waals surface area contributed by atoms with Crippen LogP contribution in [0.4, 0.5) is 5.69 Å². The molecule has 0 aliphatic carbocycles. The van der Waals surface area contributed by atoms with Gasteiger partial charge in [0.2, 0.25) is 0 Å². The first-order valence-corrected chi connectivity index (χ1v) is 6.85. The number of anilines is 1. The molecule has 0 bridgehead atoms. The van der Waals surface area contributed by atoms with E-state index in [0.717, 1.165) is 25.2 Å². The van der Waals surface area contributed by atoms with Crippen LogP contribution in [0.15, 0.2) is 20.0 Å². The van der Waals surface area contributed by atoms with E-state index >= 15 is 0 Å². The van der Waals surface area contributed by atoms with Crippen LogP contribution in [-0.2, 0) is 0 Å². The molecule has 0 aromatic carbocycles. The minimum absolute atomic E-state index is 0.685. The summed E-state index contributed by atoms with van der Waals surface area (Å²) in [5.74, 6) is 0.788. The molecule has 0 aliphatic rings. The van der Waals surface area contributed by atoms with Crippen molar-refractivity contribution < 1.29 is 0 Å². The van der Waals surface area contributed by atoms with Crippen molar-refractivity contribution in [1.82, 2.24) is 14.3 Å². The topological polar surface area (TPSA) is 64.7 Å². The fraction of sp³-hybridized carbons (Fsp3) is 0.222. The quantitative estimate of drug-likeness (QED) is 0.922. The van der Waals surface area contributed by atoms with E-state index in [1.807, 2.05) is 13.8 Å². The molecule has 0 radical (unpaired) electrons. The van der Waals surface area contributed by atoms with E-state index in [1.54, 1.807) is 6.20 Å². The van der Waals surface area contributed by atoms with Crippen LogP contribution in [0.2, 0.25) is 0 Å². The van der Waals surface area contributed by atoms with E-state index in [-0.39, 0.29) is 0 Å². The first-order valence-electron chi connectivity index (χ1n) is 4.46. The molecule has 7 heteroatoms. The number of hydrogen-bond donors (Lipinski definition) is 1. The van der Waals surface area contributed by atoms with Gasteiger partial charge >= 0.3 is 0 Å². The largest absolute Gasteiger partial charge is 0.397 e. The normalized spacial score (nSPS) is 10.7. The van der Waals surface area contributed by atoms with Crippen LogP contribution in [0.3, 0.4) is 0 Å². The van der Waals surface area contributed by atoms with Crippen molar-refractivity contribution in [2.24, 2.45) is 0 Å². The maximum atomic E-state index is 5.76. The molecule has 16 heavy (non-hydrogen) atoms. The SMILES string of the molecule is Cc1nsc(Sc2ncc(N)c(C)c2Br)n1.